The molecule has 100 valence electrons. The molecule has 0 aliphatic carbocycles. The number of nitrogens with two attached hydrogens (primary N) is 2. The molecule has 19 heavy (non-hydrogen) atoms. The van der Waals surface area contributed by atoms with E-state index < -0.39 is 0 Å². The van der Waals surface area contributed by atoms with Gasteiger partial charge in [0.15, 0.2) is 0 Å². The average Bonchev–Trinajstić information content (AvgIpc) is 2.39. The zero-order chi connectivity index (χ0) is 13.8. The second-order valence-corrected chi connectivity index (χ2v) is 5.06. The summed E-state index contributed by atoms with van der Waals surface area (Å²) in [6.45, 7) is 2.80. The monoisotopic (exact) mass is 275 g/mol. The van der Waals surface area contributed by atoms with Crippen molar-refractivity contribution in [2.75, 3.05) is 11.5 Å². The highest BCUT2D eigenvalue weighted by Gasteiger charge is 2.09. The van der Waals surface area contributed by atoms with E-state index in [1.807, 2.05) is 42.5 Å². The van der Waals surface area contributed by atoms with Gasteiger partial charge in [-0.3, -0.25) is 0 Å². The molecule has 0 saturated heterocycles. The van der Waals surface area contributed by atoms with E-state index in [4.69, 9.17) is 23.1 Å². The molecule has 0 spiro atoms. The predicted octanol–water partition coefficient (Wildman–Crippen LogP) is 3.36. The lowest BCUT2D eigenvalue weighted by Gasteiger charge is -2.17. The van der Waals surface area contributed by atoms with Gasteiger partial charge in [-0.25, -0.2) is 0 Å². The lowest BCUT2D eigenvalue weighted by atomic mass is 10.0. The van der Waals surface area contributed by atoms with Crippen LogP contribution >= 0.6 is 11.6 Å². The molecule has 0 aromatic heterocycles. The Balaban J connectivity index is 2.05. The van der Waals surface area contributed by atoms with Crippen LogP contribution in [0.25, 0.3) is 0 Å². The van der Waals surface area contributed by atoms with Crippen LogP contribution in [0, 0.1) is 0 Å². The highest BCUT2D eigenvalue weighted by Crippen LogP contribution is 2.23. The van der Waals surface area contributed by atoms with Gasteiger partial charge in [0, 0.05) is 29.0 Å². The van der Waals surface area contributed by atoms with Crippen molar-refractivity contribution in [1.29, 1.82) is 0 Å². The first kappa shape index (κ1) is 13.7. The quantitative estimate of drug-likeness (QED) is 0.750. The number of anilines is 2. The summed E-state index contributed by atoms with van der Waals surface area (Å²) in [5.74, 6) is 0. The SMILES string of the molecule is CC(NCc1cccc(Cl)c1)c1cc(N)ccc1N. The fraction of sp³-hybridized carbons (Fsp3) is 0.200. The van der Waals surface area contributed by atoms with E-state index in [0.717, 1.165) is 34.1 Å². The van der Waals surface area contributed by atoms with Gasteiger partial charge in [-0.15, -0.1) is 0 Å². The van der Waals surface area contributed by atoms with Gasteiger partial charge in [-0.1, -0.05) is 23.7 Å². The van der Waals surface area contributed by atoms with Crippen LogP contribution in [0.5, 0.6) is 0 Å². The third-order valence-electron chi connectivity index (χ3n) is 3.08. The topological polar surface area (TPSA) is 64.1 Å². The van der Waals surface area contributed by atoms with Crippen LogP contribution in [0.1, 0.15) is 24.1 Å². The lowest BCUT2D eigenvalue weighted by Crippen LogP contribution is -2.19. The Morgan fingerprint density at radius 3 is 2.68 bits per heavy atom. The highest BCUT2D eigenvalue weighted by molar-refractivity contribution is 6.30. The Hall–Kier alpha value is -1.71. The Morgan fingerprint density at radius 1 is 1.16 bits per heavy atom. The summed E-state index contributed by atoms with van der Waals surface area (Å²) in [6.07, 6.45) is 0. The summed E-state index contributed by atoms with van der Waals surface area (Å²) in [6, 6.07) is 13.5. The lowest BCUT2D eigenvalue weighted by molar-refractivity contribution is 0.576. The molecule has 0 saturated carbocycles. The largest absolute Gasteiger partial charge is 0.399 e. The standard InChI is InChI=1S/C15H18ClN3/c1-10(14-8-13(17)5-6-15(14)18)19-9-11-3-2-4-12(16)7-11/h2-8,10,19H,9,17-18H2,1H3. The molecule has 5 N–H and O–H groups in total. The first-order valence-corrected chi connectivity index (χ1v) is 6.57. The number of nitrogens with one attached hydrogen (secondary N) is 1. The van der Waals surface area contributed by atoms with E-state index >= 15 is 0 Å². The molecule has 0 fully saturated rings. The van der Waals surface area contributed by atoms with E-state index in [1.165, 1.54) is 0 Å². The van der Waals surface area contributed by atoms with E-state index in [0.29, 0.717) is 0 Å². The molecule has 1 unspecified atom stereocenters. The van der Waals surface area contributed by atoms with E-state index in [9.17, 15) is 0 Å². The van der Waals surface area contributed by atoms with Gasteiger partial charge >= 0.3 is 0 Å². The smallest absolute Gasteiger partial charge is 0.0409 e. The van der Waals surface area contributed by atoms with Gasteiger partial charge in [0.25, 0.3) is 0 Å². The number of hydrogen-bond donors (Lipinski definition) is 3. The van der Waals surface area contributed by atoms with Crippen molar-refractivity contribution in [1.82, 2.24) is 5.32 Å². The molecule has 0 amide bonds. The number of benzene rings is 2. The van der Waals surface area contributed by atoms with Crippen LogP contribution in [-0.2, 0) is 6.54 Å². The van der Waals surface area contributed by atoms with Crippen molar-refractivity contribution >= 4 is 23.0 Å². The molecular formula is C15H18ClN3. The van der Waals surface area contributed by atoms with Crippen molar-refractivity contribution in [3.05, 3.63) is 58.6 Å². The zero-order valence-electron chi connectivity index (χ0n) is 10.9. The Labute approximate surface area is 118 Å². The number of rotatable bonds is 4. The minimum absolute atomic E-state index is 0.127. The van der Waals surface area contributed by atoms with E-state index in [1.54, 1.807) is 0 Å². The van der Waals surface area contributed by atoms with Crippen molar-refractivity contribution in [2.45, 2.75) is 19.5 Å². The summed E-state index contributed by atoms with van der Waals surface area (Å²) in [5.41, 5.74) is 15.4. The van der Waals surface area contributed by atoms with Crippen LogP contribution in [0.3, 0.4) is 0 Å². The molecule has 0 bridgehead atoms. The third-order valence-corrected chi connectivity index (χ3v) is 3.31. The molecule has 2 rings (SSSR count). The molecule has 3 nitrogen and oxygen atoms in total. The van der Waals surface area contributed by atoms with Crippen LogP contribution in [0.4, 0.5) is 11.4 Å². The summed E-state index contributed by atoms with van der Waals surface area (Å²) >= 11 is 5.96. The van der Waals surface area contributed by atoms with E-state index in [2.05, 4.69) is 12.2 Å². The highest BCUT2D eigenvalue weighted by atomic mass is 35.5. The second kappa shape index (κ2) is 5.95. The normalized spacial score (nSPS) is 12.3. The van der Waals surface area contributed by atoms with Gasteiger partial charge in [0.1, 0.15) is 0 Å². The van der Waals surface area contributed by atoms with Gasteiger partial charge in [0.2, 0.25) is 0 Å². The van der Waals surface area contributed by atoms with Crippen LogP contribution in [0.15, 0.2) is 42.5 Å². The number of halogens is 1. The fourth-order valence-corrected chi connectivity index (χ4v) is 2.21. The Bertz CT molecular complexity index is 569. The Kier molecular flexibility index (Phi) is 4.30. The number of hydrogen-bond acceptors (Lipinski definition) is 3. The maximum atomic E-state index is 5.97. The predicted molar refractivity (Wildman–Crippen MR) is 82.0 cm³/mol. The molecular weight excluding hydrogens is 258 g/mol. The first-order valence-electron chi connectivity index (χ1n) is 6.19. The van der Waals surface area contributed by atoms with Crippen molar-refractivity contribution in [3.8, 4) is 0 Å². The molecule has 0 radical (unpaired) electrons. The minimum Gasteiger partial charge on any atom is -0.399 e. The van der Waals surface area contributed by atoms with Gasteiger partial charge in [-0.05, 0) is 48.4 Å². The summed E-state index contributed by atoms with van der Waals surface area (Å²) in [4.78, 5) is 0. The van der Waals surface area contributed by atoms with Crippen LogP contribution < -0.4 is 16.8 Å². The summed E-state index contributed by atoms with van der Waals surface area (Å²) in [5, 5.41) is 4.16. The molecule has 2 aromatic carbocycles. The fourth-order valence-electron chi connectivity index (χ4n) is 2.00. The molecule has 0 heterocycles. The Morgan fingerprint density at radius 2 is 1.95 bits per heavy atom. The van der Waals surface area contributed by atoms with Crippen molar-refractivity contribution < 1.29 is 0 Å². The summed E-state index contributed by atoms with van der Waals surface area (Å²) in [7, 11) is 0. The maximum Gasteiger partial charge on any atom is 0.0409 e. The maximum absolute atomic E-state index is 5.97. The minimum atomic E-state index is 0.127. The first-order chi connectivity index (χ1) is 9.06. The molecule has 4 heteroatoms. The summed E-state index contributed by atoms with van der Waals surface area (Å²) < 4.78 is 0. The van der Waals surface area contributed by atoms with Gasteiger partial charge in [0.05, 0.1) is 0 Å². The van der Waals surface area contributed by atoms with Gasteiger partial charge in [-0.2, -0.15) is 0 Å². The van der Waals surface area contributed by atoms with Gasteiger partial charge < -0.3 is 16.8 Å². The third kappa shape index (κ3) is 3.63. The average molecular weight is 276 g/mol. The van der Waals surface area contributed by atoms with Crippen LogP contribution in [0.2, 0.25) is 5.02 Å². The molecule has 2 aromatic rings. The molecule has 0 aliphatic rings. The second-order valence-electron chi connectivity index (χ2n) is 4.62. The van der Waals surface area contributed by atoms with Crippen molar-refractivity contribution in [2.24, 2.45) is 0 Å². The van der Waals surface area contributed by atoms with Crippen molar-refractivity contribution in [3.63, 3.8) is 0 Å². The zero-order valence-corrected chi connectivity index (χ0v) is 11.6. The van der Waals surface area contributed by atoms with Crippen LogP contribution in [-0.4, -0.2) is 0 Å². The van der Waals surface area contributed by atoms with E-state index in [-0.39, 0.29) is 6.04 Å². The molecule has 1 atom stereocenters. The number of nitrogen functional groups attached to an aromatic ring is 2. The molecule has 0 aliphatic heterocycles.